The van der Waals surface area contributed by atoms with Gasteiger partial charge in [0.05, 0.1) is 11.5 Å². The number of benzene rings is 2. The molecule has 0 amide bonds. The van der Waals surface area contributed by atoms with Crippen molar-refractivity contribution in [3.63, 3.8) is 0 Å². The van der Waals surface area contributed by atoms with Gasteiger partial charge in [0, 0.05) is 35.5 Å². The van der Waals surface area contributed by atoms with Gasteiger partial charge in [0.15, 0.2) is 0 Å². The lowest BCUT2D eigenvalue weighted by Crippen LogP contribution is -2.23. The zero-order valence-corrected chi connectivity index (χ0v) is 17.1. The molecule has 0 radical (unpaired) electrons. The van der Waals surface area contributed by atoms with Crippen LogP contribution < -0.4 is 10.5 Å². The molecular formula is C24H25N3O3. The van der Waals surface area contributed by atoms with Gasteiger partial charge < -0.3 is 20.3 Å². The molecule has 3 aromatic rings. The first-order valence-electron chi connectivity index (χ1n) is 9.84. The predicted molar refractivity (Wildman–Crippen MR) is 116 cm³/mol. The van der Waals surface area contributed by atoms with Gasteiger partial charge in [0.2, 0.25) is 0 Å². The molecule has 0 unspecified atom stereocenters. The number of fused-ring (bicyclic) bond motifs is 2. The van der Waals surface area contributed by atoms with Crippen molar-refractivity contribution >= 4 is 6.02 Å². The normalized spacial score (nSPS) is 15.0. The average molecular weight is 403 g/mol. The third-order valence-electron chi connectivity index (χ3n) is 5.09. The van der Waals surface area contributed by atoms with Gasteiger partial charge in [-0.15, -0.1) is 0 Å². The molecule has 1 aromatic heterocycles. The van der Waals surface area contributed by atoms with Crippen LogP contribution in [0.25, 0.3) is 11.1 Å². The minimum Gasteiger partial charge on any atom is -0.465 e. The molecule has 0 saturated heterocycles. The number of rotatable bonds is 5. The van der Waals surface area contributed by atoms with Crippen LogP contribution in [-0.4, -0.2) is 28.3 Å². The van der Waals surface area contributed by atoms with E-state index in [0.29, 0.717) is 6.42 Å². The van der Waals surface area contributed by atoms with Crippen molar-refractivity contribution in [1.29, 1.82) is 5.41 Å². The Morgan fingerprint density at radius 1 is 1.13 bits per heavy atom. The van der Waals surface area contributed by atoms with Crippen molar-refractivity contribution in [2.24, 2.45) is 5.73 Å². The molecule has 0 spiro atoms. The number of nitrogens with one attached hydrogen (secondary N) is 1. The highest BCUT2D eigenvalue weighted by Crippen LogP contribution is 2.46. The molecule has 0 saturated carbocycles. The van der Waals surface area contributed by atoms with Crippen molar-refractivity contribution in [1.82, 2.24) is 4.98 Å². The molecule has 0 fully saturated rings. The third-order valence-corrected chi connectivity index (χ3v) is 5.09. The summed E-state index contributed by atoms with van der Waals surface area (Å²) in [6.45, 7) is 3.80. The van der Waals surface area contributed by atoms with E-state index in [9.17, 15) is 5.11 Å². The van der Waals surface area contributed by atoms with Gasteiger partial charge in [-0.2, -0.15) is 0 Å². The maximum atomic E-state index is 10.2. The first-order valence-corrected chi connectivity index (χ1v) is 9.84. The van der Waals surface area contributed by atoms with E-state index in [-0.39, 0.29) is 18.5 Å². The number of ether oxygens (including phenoxy) is 2. The number of amidine groups is 1. The minimum absolute atomic E-state index is 0.161. The molecule has 4 rings (SSSR count). The van der Waals surface area contributed by atoms with E-state index < -0.39 is 5.60 Å². The van der Waals surface area contributed by atoms with E-state index in [1.165, 1.54) is 0 Å². The maximum Gasteiger partial charge on any atom is 0.279 e. The summed E-state index contributed by atoms with van der Waals surface area (Å²) in [4.78, 5) is 4.21. The van der Waals surface area contributed by atoms with E-state index in [2.05, 4.69) is 11.1 Å². The van der Waals surface area contributed by atoms with E-state index in [1.807, 2.05) is 48.7 Å². The Labute approximate surface area is 175 Å². The summed E-state index contributed by atoms with van der Waals surface area (Å²) >= 11 is 0. The molecule has 30 heavy (non-hydrogen) atoms. The Morgan fingerprint density at radius 2 is 1.87 bits per heavy atom. The van der Waals surface area contributed by atoms with E-state index >= 15 is 0 Å². The first kappa shape index (κ1) is 19.9. The van der Waals surface area contributed by atoms with Crippen molar-refractivity contribution in [3.05, 3.63) is 77.6 Å². The van der Waals surface area contributed by atoms with Crippen LogP contribution in [0.3, 0.4) is 0 Å². The van der Waals surface area contributed by atoms with Crippen LogP contribution in [0.1, 0.15) is 36.5 Å². The monoisotopic (exact) mass is 403 g/mol. The zero-order valence-electron chi connectivity index (χ0n) is 17.1. The highest BCUT2D eigenvalue weighted by atomic mass is 16.5. The Kier molecular flexibility index (Phi) is 5.18. The first-order chi connectivity index (χ1) is 14.3. The molecule has 0 aliphatic carbocycles. The van der Waals surface area contributed by atoms with Gasteiger partial charge in [-0.25, -0.2) is 0 Å². The van der Waals surface area contributed by atoms with Crippen molar-refractivity contribution in [3.8, 4) is 22.6 Å². The molecule has 1 atom stereocenters. The molecule has 154 valence electrons. The lowest BCUT2D eigenvalue weighted by molar-refractivity contribution is 0.0809. The lowest BCUT2D eigenvalue weighted by Gasteiger charge is -2.29. The van der Waals surface area contributed by atoms with E-state index in [0.717, 1.165) is 39.3 Å². The van der Waals surface area contributed by atoms with E-state index in [1.54, 1.807) is 20.0 Å². The van der Waals surface area contributed by atoms with Crippen LogP contribution in [-0.2, 0) is 11.2 Å². The average Bonchev–Trinajstić information content (AvgIpc) is 2.70. The third kappa shape index (κ3) is 4.28. The summed E-state index contributed by atoms with van der Waals surface area (Å²) < 4.78 is 11.6. The fourth-order valence-electron chi connectivity index (χ4n) is 3.84. The number of hydrogen-bond donors (Lipinski definition) is 3. The second-order valence-corrected chi connectivity index (χ2v) is 8.19. The molecule has 1 aliphatic rings. The van der Waals surface area contributed by atoms with Gasteiger partial charge >= 0.3 is 0 Å². The summed E-state index contributed by atoms with van der Waals surface area (Å²) in [5.74, 6) is 1.34. The number of nitrogens with two attached hydrogens (primary N) is 1. The van der Waals surface area contributed by atoms with Crippen LogP contribution in [0, 0.1) is 5.41 Å². The van der Waals surface area contributed by atoms with Crippen LogP contribution in [0.5, 0.6) is 11.5 Å². The lowest BCUT2D eigenvalue weighted by atomic mass is 9.85. The number of aromatic nitrogens is 1. The molecule has 6 heteroatoms. The highest BCUT2D eigenvalue weighted by Gasteiger charge is 2.29. The van der Waals surface area contributed by atoms with Gasteiger partial charge in [0.1, 0.15) is 18.1 Å². The molecule has 6 nitrogen and oxygen atoms in total. The maximum absolute atomic E-state index is 10.2. The number of aliphatic hydroxyl groups is 1. The van der Waals surface area contributed by atoms with Crippen LogP contribution in [0.15, 0.2) is 60.9 Å². The van der Waals surface area contributed by atoms with Crippen LogP contribution in [0.2, 0.25) is 0 Å². The van der Waals surface area contributed by atoms with E-state index in [4.69, 9.17) is 20.6 Å². The summed E-state index contributed by atoms with van der Waals surface area (Å²) in [6, 6.07) is 15.6. The fraction of sp³-hybridized carbons (Fsp3) is 0.250. The summed E-state index contributed by atoms with van der Waals surface area (Å²) in [5.41, 5.74) is 9.60. The minimum atomic E-state index is -0.819. The van der Waals surface area contributed by atoms with Gasteiger partial charge in [-0.1, -0.05) is 24.3 Å². The number of pyridine rings is 1. The van der Waals surface area contributed by atoms with Crippen LogP contribution in [0.4, 0.5) is 0 Å². The van der Waals surface area contributed by atoms with Gasteiger partial charge in [0.25, 0.3) is 6.02 Å². The standard InChI is InChI=1S/C24H25N3O3/c1-24(2,28)12-15-5-7-21-18(10-15)20(14-29-23(25)26)19-11-16(6-8-22(19)30-21)17-4-3-9-27-13-17/h3-11,13,20,28H,12,14H2,1-2H3,(H3,25,26)/t20-/m0/s1. The Bertz CT molecular complexity index is 1070. The van der Waals surface area contributed by atoms with Crippen molar-refractivity contribution in [2.45, 2.75) is 31.8 Å². The topological polar surface area (TPSA) is 101 Å². The largest absolute Gasteiger partial charge is 0.465 e. The van der Waals surface area contributed by atoms with Crippen molar-refractivity contribution < 1.29 is 14.6 Å². The Morgan fingerprint density at radius 3 is 2.53 bits per heavy atom. The second-order valence-electron chi connectivity index (χ2n) is 8.19. The number of nitrogens with zero attached hydrogens (tertiary/aromatic N) is 1. The summed E-state index contributed by atoms with van der Waals surface area (Å²) in [5, 5.41) is 17.7. The SMILES string of the molecule is CC(C)(O)Cc1ccc2c(c1)[C@H](COC(=N)N)c1cc(-c3cccnc3)ccc1O2. The quantitative estimate of drug-likeness (QED) is 0.438. The molecule has 0 bridgehead atoms. The predicted octanol–water partition coefficient (Wildman–Crippen LogP) is 4.21. The number of hydrogen-bond acceptors (Lipinski definition) is 5. The summed E-state index contributed by atoms with van der Waals surface area (Å²) in [6.07, 6.45) is 4.08. The zero-order chi connectivity index (χ0) is 21.3. The molecular weight excluding hydrogens is 378 g/mol. The Hall–Kier alpha value is -3.38. The summed E-state index contributed by atoms with van der Waals surface area (Å²) in [7, 11) is 0. The fourth-order valence-corrected chi connectivity index (χ4v) is 3.84. The van der Waals surface area contributed by atoms with Gasteiger partial charge in [-0.3, -0.25) is 10.4 Å². The molecule has 2 heterocycles. The van der Waals surface area contributed by atoms with Gasteiger partial charge in [-0.05, 0) is 49.2 Å². The van der Waals surface area contributed by atoms with Crippen LogP contribution >= 0.6 is 0 Å². The molecule has 2 aromatic carbocycles. The second kappa shape index (κ2) is 7.80. The van der Waals surface area contributed by atoms with Crippen molar-refractivity contribution in [2.75, 3.05) is 6.61 Å². The molecule has 4 N–H and O–H groups in total. The Balaban J connectivity index is 1.78. The smallest absolute Gasteiger partial charge is 0.279 e. The highest BCUT2D eigenvalue weighted by molar-refractivity contribution is 5.69. The molecule has 1 aliphatic heterocycles.